The van der Waals surface area contributed by atoms with Gasteiger partial charge in [-0.25, -0.2) is 4.39 Å². The van der Waals surface area contributed by atoms with Crippen LogP contribution in [0, 0.1) is 5.82 Å². The molecule has 0 aliphatic rings. The molecule has 2 nitrogen and oxygen atoms in total. The Kier molecular flexibility index (Phi) is 4.56. The molecule has 0 amide bonds. The Balaban J connectivity index is 2.82. The molecule has 1 N–H and O–H groups in total. The van der Waals surface area contributed by atoms with Crippen LogP contribution in [0.25, 0.3) is 0 Å². The highest BCUT2D eigenvalue weighted by molar-refractivity contribution is 5.53. The highest BCUT2D eigenvalue weighted by Gasteiger charge is 2.08. The molecule has 15 heavy (non-hydrogen) atoms. The molecule has 0 heterocycles. The number of rotatable bonds is 5. The summed E-state index contributed by atoms with van der Waals surface area (Å²) >= 11 is 0. The molecular formula is C12H19FN2. The van der Waals surface area contributed by atoms with E-state index in [-0.39, 0.29) is 5.82 Å². The van der Waals surface area contributed by atoms with Crippen LogP contribution in [0.15, 0.2) is 18.2 Å². The van der Waals surface area contributed by atoms with E-state index in [1.54, 1.807) is 6.07 Å². The normalized spacial score (nSPS) is 10.4. The monoisotopic (exact) mass is 210 g/mol. The van der Waals surface area contributed by atoms with Gasteiger partial charge in [0.05, 0.1) is 0 Å². The van der Waals surface area contributed by atoms with Crippen LogP contribution in [0.2, 0.25) is 0 Å². The summed E-state index contributed by atoms with van der Waals surface area (Å²) in [6.45, 7) is 3.61. The van der Waals surface area contributed by atoms with E-state index in [9.17, 15) is 4.39 Å². The minimum absolute atomic E-state index is 0.134. The molecule has 1 aromatic carbocycles. The highest BCUT2D eigenvalue weighted by atomic mass is 19.1. The third kappa shape index (κ3) is 3.20. The summed E-state index contributed by atoms with van der Waals surface area (Å²) in [5, 5.41) is 3.22. The minimum Gasteiger partial charge on any atom is -0.377 e. The van der Waals surface area contributed by atoms with Crippen LogP contribution < -0.4 is 10.2 Å². The smallest absolute Gasteiger partial charge is 0.129 e. The SMILES string of the molecule is CCCNCc1c(F)cccc1N(C)C. The molecule has 0 unspecified atom stereocenters. The lowest BCUT2D eigenvalue weighted by atomic mass is 10.1. The van der Waals surface area contributed by atoms with Crippen molar-refractivity contribution in [3.63, 3.8) is 0 Å². The number of hydrogen-bond donors (Lipinski definition) is 1. The average molecular weight is 210 g/mol. The summed E-state index contributed by atoms with van der Waals surface area (Å²) in [5.74, 6) is -0.134. The molecule has 1 rings (SSSR count). The largest absolute Gasteiger partial charge is 0.377 e. The van der Waals surface area contributed by atoms with Gasteiger partial charge in [0, 0.05) is 31.9 Å². The second kappa shape index (κ2) is 5.71. The highest BCUT2D eigenvalue weighted by Crippen LogP contribution is 2.20. The first-order valence-electron chi connectivity index (χ1n) is 5.32. The van der Waals surface area contributed by atoms with Gasteiger partial charge in [0.1, 0.15) is 5.82 Å². The number of hydrogen-bond acceptors (Lipinski definition) is 2. The number of benzene rings is 1. The van der Waals surface area contributed by atoms with Crippen LogP contribution in [-0.4, -0.2) is 20.6 Å². The molecule has 0 bridgehead atoms. The van der Waals surface area contributed by atoms with Crippen LogP contribution in [0.4, 0.5) is 10.1 Å². The molecule has 0 saturated heterocycles. The van der Waals surface area contributed by atoms with E-state index in [1.165, 1.54) is 6.07 Å². The van der Waals surface area contributed by atoms with Crippen LogP contribution in [-0.2, 0) is 6.54 Å². The zero-order chi connectivity index (χ0) is 11.3. The van der Waals surface area contributed by atoms with E-state index in [0.29, 0.717) is 6.54 Å². The first kappa shape index (κ1) is 12.0. The first-order chi connectivity index (χ1) is 7.16. The maximum absolute atomic E-state index is 13.6. The molecule has 0 aliphatic carbocycles. The average Bonchev–Trinajstić information content (AvgIpc) is 2.20. The van der Waals surface area contributed by atoms with Gasteiger partial charge in [-0.2, -0.15) is 0 Å². The Morgan fingerprint density at radius 3 is 2.67 bits per heavy atom. The predicted octanol–water partition coefficient (Wildman–Crippen LogP) is 2.39. The Hall–Kier alpha value is -1.09. The van der Waals surface area contributed by atoms with E-state index in [4.69, 9.17) is 0 Å². The maximum Gasteiger partial charge on any atom is 0.129 e. The summed E-state index contributed by atoms with van der Waals surface area (Å²) in [7, 11) is 3.86. The molecule has 0 spiro atoms. The van der Waals surface area contributed by atoms with E-state index < -0.39 is 0 Å². The topological polar surface area (TPSA) is 15.3 Å². The van der Waals surface area contributed by atoms with Crippen LogP contribution >= 0.6 is 0 Å². The molecule has 84 valence electrons. The summed E-state index contributed by atoms with van der Waals surface area (Å²) in [4.78, 5) is 1.94. The molecule has 0 saturated carbocycles. The second-order valence-electron chi connectivity index (χ2n) is 3.81. The molecule has 3 heteroatoms. The molecule has 0 atom stereocenters. The standard InChI is InChI=1S/C12H19FN2/c1-4-8-14-9-10-11(13)6-5-7-12(10)15(2)3/h5-7,14H,4,8-9H2,1-3H3. The van der Waals surface area contributed by atoms with E-state index in [1.807, 2.05) is 25.1 Å². The van der Waals surface area contributed by atoms with Crippen molar-refractivity contribution in [3.8, 4) is 0 Å². The predicted molar refractivity (Wildman–Crippen MR) is 62.7 cm³/mol. The van der Waals surface area contributed by atoms with Gasteiger partial charge in [-0.05, 0) is 25.1 Å². The van der Waals surface area contributed by atoms with Crippen LogP contribution in [0.3, 0.4) is 0 Å². The fourth-order valence-electron chi connectivity index (χ4n) is 1.53. The lowest BCUT2D eigenvalue weighted by Crippen LogP contribution is -2.19. The van der Waals surface area contributed by atoms with Gasteiger partial charge in [-0.3, -0.25) is 0 Å². The van der Waals surface area contributed by atoms with E-state index in [0.717, 1.165) is 24.2 Å². The van der Waals surface area contributed by atoms with Gasteiger partial charge in [-0.1, -0.05) is 13.0 Å². The molecule has 0 aliphatic heterocycles. The lowest BCUT2D eigenvalue weighted by molar-refractivity contribution is 0.586. The fourth-order valence-corrected chi connectivity index (χ4v) is 1.53. The van der Waals surface area contributed by atoms with Gasteiger partial charge >= 0.3 is 0 Å². The number of nitrogens with one attached hydrogen (secondary N) is 1. The van der Waals surface area contributed by atoms with Crippen molar-refractivity contribution in [3.05, 3.63) is 29.6 Å². The third-order valence-electron chi connectivity index (χ3n) is 2.30. The van der Waals surface area contributed by atoms with Crippen molar-refractivity contribution in [2.45, 2.75) is 19.9 Å². The van der Waals surface area contributed by atoms with Crippen molar-refractivity contribution in [1.29, 1.82) is 0 Å². The zero-order valence-corrected chi connectivity index (χ0v) is 9.68. The molecular weight excluding hydrogens is 191 g/mol. The molecule has 0 fully saturated rings. The van der Waals surface area contributed by atoms with Crippen molar-refractivity contribution in [2.24, 2.45) is 0 Å². The minimum atomic E-state index is -0.134. The Morgan fingerprint density at radius 1 is 1.33 bits per heavy atom. The summed E-state index contributed by atoms with van der Waals surface area (Å²) in [6, 6.07) is 5.19. The lowest BCUT2D eigenvalue weighted by Gasteiger charge is -2.18. The maximum atomic E-state index is 13.6. The second-order valence-corrected chi connectivity index (χ2v) is 3.81. The number of nitrogens with zero attached hydrogens (tertiary/aromatic N) is 1. The zero-order valence-electron chi connectivity index (χ0n) is 9.68. The van der Waals surface area contributed by atoms with Gasteiger partial charge in [0.25, 0.3) is 0 Å². The molecule has 0 aromatic heterocycles. The summed E-state index contributed by atoms with van der Waals surface area (Å²) in [6.07, 6.45) is 1.06. The Bertz CT molecular complexity index is 310. The molecule has 0 radical (unpaired) electrons. The van der Waals surface area contributed by atoms with E-state index in [2.05, 4.69) is 12.2 Å². The Labute approximate surface area is 91.1 Å². The first-order valence-corrected chi connectivity index (χ1v) is 5.32. The van der Waals surface area contributed by atoms with Crippen molar-refractivity contribution < 1.29 is 4.39 Å². The van der Waals surface area contributed by atoms with Crippen molar-refractivity contribution in [1.82, 2.24) is 5.32 Å². The van der Waals surface area contributed by atoms with Gasteiger partial charge in [-0.15, -0.1) is 0 Å². The summed E-state index contributed by atoms with van der Waals surface area (Å²) in [5.41, 5.74) is 1.69. The fraction of sp³-hybridized carbons (Fsp3) is 0.500. The molecule has 1 aromatic rings. The third-order valence-corrected chi connectivity index (χ3v) is 2.30. The van der Waals surface area contributed by atoms with Crippen LogP contribution in [0.5, 0.6) is 0 Å². The summed E-state index contributed by atoms with van der Waals surface area (Å²) < 4.78 is 13.6. The van der Waals surface area contributed by atoms with E-state index >= 15 is 0 Å². The van der Waals surface area contributed by atoms with Crippen LogP contribution in [0.1, 0.15) is 18.9 Å². The van der Waals surface area contributed by atoms with Gasteiger partial charge in [0.2, 0.25) is 0 Å². The quantitative estimate of drug-likeness (QED) is 0.751. The Morgan fingerprint density at radius 2 is 2.07 bits per heavy atom. The number of anilines is 1. The van der Waals surface area contributed by atoms with Crippen molar-refractivity contribution in [2.75, 3.05) is 25.5 Å². The van der Waals surface area contributed by atoms with Gasteiger partial charge < -0.3 is 10.2 Å². The number of halogens is 1. The van der Waals surface area contributed by atoms with Gasteiger partial charge in [0.15, 0.2) is 0 Å². The van der Waals surface area contributed by atoms with Crippen molar-refractivity contribution >= 4 is 5.69 Å².